The van der Waals surface area contributed by atoms with Gasteiger partial charge in [0.05, 0.1) is 11.9 Å². The van der Waals surface area contributed by atoms with Gasteiger partial charge in [-0.1, -0.05) is 6.07 Å². The van der Waals surface area contributed by atoms with E-state index in [1.54, 1.807) is 30.7 Å². The van der Waals surface area contributed by atoms with Crippen LogP contribution in [-0.4, -0.2) is 26.6 Å². The van der Waals surface area contributed by atoms with Gasteiger partial charge in [0.15, 0.2) is 0 Å². The van der Waals surface area contributed by atoms with Crippen molar-refractivity contribution in [2.24, 2.45) is 0 Å². The molecule has 5 nitrogen and oxygen atoms in total. The number of benzene rings is 1. The molecule has 1 atom stereocenters. The molecule has 2 aromatic rings. The molecule has 0 saturated heterocycles. The largest absolute Gasteiger partial charge is 0.507 e. The van der Waals surface area contributed by atoms with Gasteiger partial charge < -0.3 is 15.0 Å². The van der Waals surface area contributed by atoms with Crippen LogP contribution >= 0.6 is 0 Å². The van der Waals surface area contributed by atoms with E-state index < -0.39 is 0 Å². The zero-order valence-electron chi connectivity index (χ0n) is 11.0. The van der Waals surface area contributed by atoms with E-state index >= 15 is 0 Å². The second-order valence-electron chi connectivity index (χ2n) is 4.65. The molecular formula is C14H17N3O2. The van der Waals surface area contributed by atoms with E-state index in [1.807, 2.05) is 24.6 Å². The van der Waals surface area contributed by atoms with Crippen LogP contribution < -0.4 is 5.32 Å². The number of imidazole rings is 1. The summed E-state index contributed by atoms with van der Waals surface area (Å²) in [6.07, 6.45) is 5.23. The minimum Gasteiger partial charge on any atom is -0.507 e. The van der Waals surface area contributed by atoms with Crippen LogP contribution in [-0.2, 0) is 6.54 Å². The Labute approximate surface area is 111 Å². The van der Waals surface area contributed by atoms with E-state index in [9.17, 15) is 9.90 Å². The molecule has 0 aliphatic heterocycles. The molecule has 0 aliphatic carbocycles. The second kappa shape index (κ2) is 5.56. The molecule has 0 spiro atoms. The number of aromatic nitrogens is 2. The van der Waals surface area contributed by atoms with Crippen LogP contribution in [0.4, 0.5) is 0 Å². The molecule has 0 bridgehead atoms. The molecule has 5 heteroatoms. The van der Waals surface area contributed by atoms with Crippen molar-refractivity contribution >= 4 is 5.91 Å². The van der Waals surface area contributed by atoms with Crippen molar-refractivity contribution in [2.75, 3.05) is 0 Å². The zero-order valence-corrected chi connectivity index (χ0v) is 11.0. The number of phenolic OH excluding ortho intramolecular Hbond substituents is 1. The summed E-state index contributed by atoms with van der Waals surface area (Å²) in [6, 6.07) is 4.96. The van der Waals surface area contributed by atoms with Gasteiger partial charge in [0.25, 0.3) is 5.91 Å². The van der Waals surface area contributed by atoms with E-state index in [1.165, 1.54) is 0 Å². The highest BCUT2D eigenvalue weighted by Gasteiger charge is 2.13. The lowest BCUT2D eigenvalue weighted by Crippen LogP contribution is -2.35. The number of phenols is 1. The van der Waals surface area contributed by atoms with Crippen LogP contribution in [0.2, 0.25) is 0 Å². The van der Waals surface area contributed by atoms with Crippen molar-refractivity contribution in [1.82, 2.24) is 14.9 Å². The Hall–Kier alpha value is -2.30. The summed E-state index contributed by atoms with van der Waals surface area (Å²) in [7, 11) is 0. The quantitative estimate of drug-likeness (QED) is 0.878. The summed E-state index contributed by atoms with van der Waals surface area (Å²) >= 11 is 0. The third kappa shape index (κ3) is 3.34. The molecule has 1 amide bonds. The highest BCUT2D eigenvalue weighted by molar-refractivity contribution is 5.97. The highest BCUT2D eigenvalue weighted by Crippen LogP contribution is 2.18. The van der Waals surface area contributed by atoms with Crippen LogP contribution in [0.25, 0.3) is 0 Å². The van der Waals surface area contributed by atoms with Gasteiger partial charge in [0.1, 0.15) is 5.75 Å². The van der Waals surface area contributed by atoms with Crippen LogP contribution in [0, 0.1) is 6.92 Å². The third-order valence-corrected chi connectivity index (χ3v) is 2.82. The van der Waals surface area contributed by atoms with Crippen LogP contribution in [0.3, 0.4) is 0 Å². The maximum Gasteiger partial charge on any atom is 0.255 e. The Kier molecular flexibility index (Phi) is 3.85. The first-order valence-corrected chi connectivity index (χ1v) is 6.12. The van der Waals surface area contributed by atoms with Crippen LogP contribution in [0.5, 0.6) is 5.75 Å². The molecular weight excluding hydrogens is 242 g/mol. The number of rotatable bonds is 4. The van der Waals surface area contributed by atoms with Crippen molar-refractivity contribution in [3.63, 3.8) is 0 Å². The normalized spacial score (nSPS) is 12.1. The number of hydrogen-bond acceptors (Lipinski definition) is 3. The SMILES string of the molecule is Cc1ccc(C(=O)NC(C)Cn2ccnc2)c(O)c1. The number of aromatic hydroxyl groups is 1. The number of aryl methyl sites for hydroxylation is 1. The lowest BCUT2D eigenvalue weighted by molar-refractivity contribution is 0.0934. The van der Waals surface area contributed by atoms with Crippen LogP contribution in [0.15, 0.2) is 36.9 Å². The molecule has 1 aromatic heterocycles. The predicted molar refractivity (Wildman–Crippen MR) is 72.0 cm³/mol. The van der Waals surface area contributed by atoms with E-state index in [-0.39, 0.29) is 17.7 Å². The maximum absolute atomic E-state index is 12.0. The van der Waals surface area contributed by atoms with Crippen molar-refractivity contribution in [3.05, 3.63) is 48.0 Å². The van der Waals surface area contributed by atoms with Gasteiger partial charge in [-0.25, -0.2) is 4.98 Å². The van der Waals surface area contributed by atoms with Gasteiger partial charge in [-0.15, -0.1) is 0 Å². The highest BCUT2D eigenvalue weighted by atomic mass is 16.3. The van der Waals surface area contributed by atoms with Gasteiger partial charge >= 0.3 is 0 Å². The maximum atomic E-state index is 12.0. The molecule has 2 N–H and O–H groups in total. The summed E-state index contributed by atoms with van der Waals surface area (Å²) in [6.45, 7) is 4.41. The molecule has 1 aromatic carbocycles. The van der Waals surface area contributed by atoms with E-state index in [0.717, 1.165) is 5.56 Å². The Morgan fingerprint density at radius 2 is 2.32 bits per heavy atom. The fraction of sp³-hybridized carbons (Fsp3) is 0.286. The van der Waals surface area contributed by atoms with Crippen molar-refractivity contribution in [1.29, 1.82) is 0 Å². The fourth-order valence-electron chi connectivity index (χ4n) is 1.89. The lowest BCUT2D eigenvalue weighted by Gasteiger charge is -2.15. The number of nitrogens with zero attached hydrogens (tertiary/aromatic N) is 2. The van der Waals surface area contributed by atoms with Gasteiger partial charge in [0.2, 0.25) is 0 Å². The first kappa shape index (κ1) is 13.1. The van der Waals surface area contributed by atoms with E-state index in [0.29, 0.717) is 12.1 Å². The number of nitrogens with one attached hydrogen (secondary N) is 1. The molecule has 1 heterocycles. The van der Waals surface area contributed by atoms with Crippen molar-refractivity contribution in [3.8, 4) is 5.75 Å². The fourth-order valence-corrected chi connectivity index (χ4v) is 1.89. The molecule has 19 heavy (non-hydrogen) atoms. The lowest BCUT2D eigenvalue weighted by atomic mass is 10.1. The van der Waals surface area contributed by atoms with Crippen LogP contribution in [0.1, 0.15) is 22.8 Å². The Morgan fingerprint density at radius 1 is 1.53 bits per heavy atom. The molecule has 1 unspecified atom stereocenters. The monoisotopic (exact) mass is 259 g/mol. The van der Waals surface area contributed by atoms with Gasteiger partial charge in [-0.3, -0.25) is 4.79 Å². The van der Waals surface area contributed by atoms with Crippen molar-refractivity contribution < 1.29 is 9.90 Å². The smallest absolute Gasteiger partial charge is 0.255 e. The predicted octanol–water partition coefficient (Wildman–Crippen LogP) is 1.72. The summed E-state index contributed by atoms with van der Waals surface area (Å²) in [5, 5.41) is 12.6. The summed E-state index contributed by atoms with van der Waals surface area (Å²) < 4.78 is 1.89. The summed E-state index contributed by atoms with van der Waals surface area (Å²) in [4.78, 5) is 16.0. The Bertz CT molecular complexity index is 564. The number of hydrogen-bond donors (Lipinski definition) is 2. The number of carbonyl (C=O) groups excluding carboxylic acids is 1. The molecule has 0 aliphatic rings. The second-order valence-corrected chi connectivity index (χ2v) is 4.65. The van der Waals surface area contributed by atoms with Gasteiger partial charge in [-0.05, 0) is 31.5 Å². The molecule has 0 fully saturated rings. The van der Waals surface area contributed by atoms with E-state index in [4.69, 9.17) is 0 Å². The van der Waals surface area contributed by atoms with E-state index in [2.05, 4.69) is 10.3 Å². The molecule has 100 valence electrons. The summed E-state index contributed by atoms with van der Waals surface area (Å²) in [5.74, 6) is -0.266. The average Bonchev–Trinajstić information content (AvgIpc) is 2.81. The first-order valence-electron chi connectivity index (χ1n) is 6.12. The Morgan fingerprint density at radius 3 is 2.95 bits per heavy atom. The summed E-state index contributed by atoms with van der Waals surface area (Å²) in [5.41, 5.74) is 1.21. The average molecular weight is 259 g/mol. The standard InChI is InChI=1S/C14H17N3O2/c1-10-3-4-12(13(18)7-10)14(19)16-11(2)8-17-6-5-15-9-17/h3-7,9,11,18H,8H2,1-2H3,(H,16,19). The Balaban J connectivity index is 2.00. The van der Waals surface area contributed by atoms with Gasteiger partial charge in [0, 0.05) is 25.0 Å². The number of carbonyl (C=O) groups is 1. The van der Waals surface area contributed by atoms with Gasteiger partial charge in [-0.2, -0.15) is 0 Å². The molecule has 0 radical (unpaired) electrons. The zero-order chi connectivity index (χ0) is 13.8. The van der Waals surface area contributed by atoms with Crippen molar-refractivity contribution in [2.45, 2.75) is 26.4 Å². The topological polar surface area (TPSA) is 67.2 Å². The minimum absolute atomic E-state index is 0.00679. The first-order chi connectivity index (χ1) is 9.06. The third-order valence-electron chi connectivity index (χ3n) is 2.82. The number of amides is 1. The molecule has 2 rings (SSSR count). The molecule has 0 saturated carbocycles. The minimum atomic E-state index is -0.273.